The molecule has 0 N–H and O–H groups in total. The summed E-state index contributed by atoms with van der Waals surface area (Å²) in [4.78, 5) is 2.52. The van der Waals surface area contributed by atoms with E-state index in [0.29, 0.717) is 5.92 Å². The van der Waals surface area contributed by atoms with Crippen molar-refractivity contribution in [2.24, 2.45) is 10.8 Å². The highest BCUT2D eigenvalue weighted by Gasteiger charge is 2.52. The Kier molecular flexibility index (Phi) is 13.9. The Morgan fingerprint density at radius 1 is 0.333 bits per heavy atom. The van der Waals surface area contributed by atoms with Crippen LogP contribution in [0.1, 0.15) is 170 Å². The molecule has 1 heteroatoms. The molecule has 0 aliphatic heterocycles. The van der Waals surface area contributed by atoms with Gasteiger partial charge in [0.25, 0.3) is 0 Å². The van der Waals surface area contributed by atoms with Crippen molar-refractivity contribution in [3.05, 3.63) is 293 Å². The number of rotatable bonds is 14. The maximum absolute atomic E-state index is 2.64. The molecule has 90 heavy (non-hydrogen) atoms. The average Bonchev–Trinajstić information content (AvgIpc) is 1.51. The highest BCUT2D eigenvalue weighted by Crippen LogP contribution is 2.64. The van der Waals surface area contributed by atoms with E-state index in [1.165, 1.54) is 152 Å². The molecule has 1 nitrogen and oxygen atoms in total. The molecule has 4 aliphatic carbocycles. The standard InChI is InChI=1S/C89H85N/c1-11-13-49-88(50-14-12-2)77-48-43-66(90(65-40-35-59(36-41-65)58-25-16-15-17-26-58)67-42-47-71-68-29-18-21-32-76(68)87(9,10)80(71)56-67)55-75(77)74-46-39-61(52-81(74)88)63-38-45-73-70-31-20-23-34-79(70)89(83(73)54-63)78-33-22-19-30-69(78)72-44-37-62(53-82(72)89)60-27-24-28-64(51-60)84(86(6,7)8)57-85(3,4)5/h15-48,51-56,84H,11-14,49-50,57H2,1-10H3. The minimum atomic E-state index is -0.497. The number of hydrogen-bond acceptors (Lipinski definition) is 1. The summed E-state index contributed by atoms with van der Waals surface area (Å²) in [5.74, 6) is 0.427. The van der Waals surface area contributed by atoms with Gasteiger partial charge in [-0.1, -0.05) is 283 Å². The summed E-state index contributed by atoms with van der Waals surface area (Å²) >= 11 is 0. The average molecular weight is 1170 g/mol. The third kappa shape index (κ3) is 9.15. The molecule has 4 aliphatic rings. The molecule has 11 aromatic rings. The Morgan fingerprint density at radius 2 is 0.767 bits per heavy atom. The number of benzene rings is 11. The summed E-state index contributed by atoms with van der Waals surface area (Å²) in [5, 5.41) is 0. The van der Waals surface area contributed by atoms with Gasteiger partial charge in [0.2, 0.25) is 0 Å². The van der Waals surface area contributed by atoms with E-state index in [4.69, 9.17) is 0 Å². The van der Waals surface area contributed by atoms with Crippen molar-refractivity contribution in [2.45, 2.75) is 136 Å². The van der Waals surface area contributed by atoms with E-state index >= 15 is 0 Å². The fourth-order valence-electron chi connectivity index (χ4n) is 17.1. The van der Waals surface area contributed by atoms with E-state index in [1.807, 2.05) is 0 Å². The fourth-order valence-corrected chi connectivity index (χ4v) is 17.1. The van der Waals surface area contributed by atoms with Crippen LogP contribution < -0.4 is 4.90 Å². The molecule has 2 unspecified atom stereocenters. The van der Waals surface area contributed by atoms with Crippen LogP contribution in [0.5, 0.6) is 0 Å². The highest BCUT2D eigenvalue weighted by molar-refractivity contribution is 5.98. The summed E-state index contributed by atoms with van der Waals surface area (Å²) in [6.07, 6.45) is 8.00. The Morgan fingerprint density at radius 3 is 1.34 bits per heavy atom. The van der Waals surface area contributed by atoms with Gasteiger partial charge in [0.05, 0.1) is 5.41 Å². The van der Waals surface area contributed by atoms with Crippen LogP contribution in [0.25, 0.3) is 77.9 Å². The van der Waals surface area contributed by atoms with Gasteiger partial charge in [-0.3, -0.25) is 0 Å². The molecule has 0 amide bonds. The number of fused-ring (bicyclic) bond motifs is 16. The van der Waals surface area contributed by atoms with Crippen LogP contribution in [0.3, 0.4) is 0 Å². The minimum absolute atomic E-state index is 0.123. The van der Waals surface area contributed by atoms with E-state index < -0.39 is 5.41 Å². The zero-order chi connectivity index (χ0) is 61.9. The van der Waals surface area contributed by atoms with Crippen LogP contribution >= 0.6 is 0 Å². The molecule has 0 fully saturated rings. The van der Waals surface area contributed by atoms with Gasteiger partial charge in [0.15, 0.2) is 0 Å². The molecule has 15 rings (SSSR count). The monoisotopic (exact) mass is 1170 g/mol. The van der Waals surface area contributed by atoms with Crippen molar-refractivity contribution in [1.29, 1.82) is 0 Å². The zero-order valence-electron chi connectivity index (χ0n) is 54.6. The van der Waals surface area contributed by atoms with Crippen molar-refractivity contribution in [3.63, 3.8) is 0 Å². The molecule has 11 aromatic carbocycles. The maximum Gasteiger partial charge on any atom is 0.0725 e. The summed E-state index contributed by atoms with van der Waals surface area (Å²) in [6.45, 7) is 23.9. The minimum Gasteiger partial charge on any atom is -0.310 e. The topological polar surface area (TPSA) is 3.24 Å². The predicted molar refractivity (Wildman–Crippen MR) is 383 cm³/mol. The first kappa shape index (κ1) is 57.6. The lowest BCUT2D eigenvalue weighted by Gasteiger charge is -2.36. The molecule has 0 heterocycles. The lowest BCUT2D eigenvalue weighted by atomic mass is 9.68. The predicted octanol–water partition coefficient (Wildman–Crippen LogP) is 25.0. The number of unbranched alkanes of at least 4 members (excludes halogenated alkanes) is 2. The molecule has 446 valence electrons. The lowest BCUT2D eigenvalue weighted by Crippen LogP contribution is -2.26. The first-order valence-electron chi connectivity index (χ1n) is 33.6. The Bertz CT molecular complexity index is 4570. The molecule has 0 bridgehead atoms. The van der Waals surface area contributed by atoms with Crippen molar-refractivity contribution >= 4 is 17.1 Å². The van der Waals surface area contributed by atoms with E-state index in [1.54, 1.807) is 0 Å². The van der Waals surface area contributed by atoms with Crippen LogP contribution in [-0.2, 0) is 16.2 Å². The summed E-state index contributed by atoms with van der Waals surface area (Å²) in [7, 11) is 0. The molecule has 1 spiro atoms. The van der Waals surface area contributed by atoms with Gasteiger partial charge in [-0.2, -0.15) is 0 Å². The van der Waals surface area contributed by atoms with Crippen LogP contribution in [0, 0.1) is 10.8 Å². The van der Waals surface area contributed by atoms with E-state index in [2.05, 4.69) is 317 Å². The van der Waals surface area contributed by atoms with Crippen molar-refractivity contribution in [3.8, 4) is 77.9 Å². The second kappa shape index (κ2) is 21.7. The van der Waals surface area contributed by atoms with Gasteiger partial charge in [-0.25, -0.2) is 0 Å². The van der Waals surface area contributed by atoms with Gasteiger partial charge in [0, 0.05) is 27.9 Å². The zero-order valence-corrected chi connectivity index (χ0v) is 54.6. The summed E-state index contributed by atoms with van der Waals surface area (Å²) in [6, 6.07) is 94.4. The summed E-state index contributed by atoms with van der Waals surface area (Å²) in [5.41, 5.74) is 34.1. The van der Waals surface area contributed by atoms with Crippen LogP contribution in [0.15, 0.2) is 243 Å². The van der Waals surface area contributed by atoms with Gasteiger partial charge in [-0.15, -0.1) is 0 Å². The highest BCUT2D eigenvalue weighted by atomic mass is 15.1. The van der Waals surface area contributed by atoms with Gasteiger partial charge < -0.3 is 4.90 Å². The molecular formula is C89H85N. The normalized spacial score (nSPS) is 16.2. The quantitative estimate of drug-likeness (QED) is 0.105. The molecule has 0 aromatic heterocycles. The number of anilines is 3. The first-order valence-corrected chi connectivity index (χ1v) is 33.6. The Balaban J connectivity index is 0.877. The molecule has 0 saturated heterocycles. The van der Waals surface area contributed by atoms with Gasteiger partial charge in [0.1, 0.15) is 0 Å². The largest absolute Gasteiger partial charge is 0.310 e. The molecular weight excluding hydrogens is 1080 g/mol. The Labute approximate surface area is 536 Å². The fraction of sp³-hybridized carbons (Fsp3) is 0.258. The van der Waals surface area contributed by atoms with E-state index in [9.17, 15) is 0 Å². The first-order chi connectivity index (χ1) is 43.5. The van der Waals surface area contributed by atoms with Gasteiger partial charge in [-0.05, 0) is 219 Å². The molecule has 0 saturated carbocycles. The van der Waals surface area contributed by atoms with Crippen LogP contribution in [-0.4, -0.2) is 0 Å². The van der Waals surface area contributed by atoms with Crippen molar-refractivity contribution in [1.82, 2.24) is 0 Å². The third-order valence-electron chi connectivity index (χ3n) is 21.5. The van der Waals surface area contributed by atoms with Gasteiger partial charge >= 0.3 is 0 Å². The van der Waals surface area contributed by atoms with E-state index in [0.717, 1.165) is 37.8 Å². The summed E-state index contributed by atoms with van der Waals surface area (Å²) < 4.78 is 0. The smallest absolute Gasteiger partial charge is 0.0725 e. The van der Waals surface area contributed by atoms with Crippen LogP contribution in [0.2, 0.25) is 0 Å². The third-order valence-corrected chi connectivity index (χ3v) is 21.5. The SMILES string of the molecule is CCCCC1(CCCC)c2ccc(N(c3ccc(-c4ccccc4)cc3)c3ccc4c(c3)C(C)(C)c3ccccc3-4)cc2-c2ccc(-c3ccc4c(c3)C3(c5ccccc5-c5ccc(-c6cccc(C(CC(C)(C)C)C(C)(C)C)c6)cc53)c3ccccc3-4)cc21. The van der Waals surface area contributed by atoms with Crippen LogP contribution in [0.4, 0.5) is 17.1 Å². The second-order valence-corrected chi connectivity index (χ2v) is 29.6. The van der Waals surface area contributed by atoms with Crippen molar-refractivity contribution < 1.29 is 0 Å². The number of hydrogen-bond donors (Lipinski definition) is 0. The van der Waals surface area contributed by atoms with Crippen molar-refractivity contribution in [2.75, 3.05) is 4.90 Å². The number of nitrogens with zero attached hydrogens (tertiary/aromatic N) is 1. The second-order valence-electron chi connectivity index (χ2n) is 29.6. The van der Waals surface area contributed by atoms with E-state index in [-0.39, 0.29) is 21.7 Å². The lowest BCUT2D eigenvalue weighted by molar-refractivity contribution is 0.229. The Hall–Kier alpha value is -8.78. The molecule has 2 atom stereocenters. The maximum atomic E-state index is 2.64. The molecule has 0 radical (unpaired) electrons.